The molecule has 2 fully saturated rings. The van der Waals surface area contributed by atoms with Crippen LogP contribution >= 0.6 is 0 Å². The van der Waals surface area contributed by atoms with Gasteiger partial charge < -0.3 is 15.4 Å². The SMILES string of the molecule is O=C(NC1CC2CCC1O2)c1ccc2c(c1)CNCC2. The van der Waals surface area contributed by atoms with Crippen LogP contribution in [0.5, 0.6) is 0 Å². The van der Waals surface area contributed by atoms with Crippen LogP contribution in [-0.2, 0) is 17.7 Å². The van der Waals surface area contributed by atoms with Crippen LogP contribution in [0.2, 0.25) is 0 Å². The molecule has 2 N–H and O–H groups in total. The second-order valence-electron chi connectivity index (χ2n) is 6.10. The lowest BCUT2D eigenvalue weighted by Gasteiger charge is -2.21. The molecule has 3 unspecified atom stereocenters. The molecular formula is C16H20N2O2. The summed E-state index contributed by atoms with van der Waals surface area (Å²) in [4.78, 5) is 12.4. The van der Waals surface area contributed by atoms with Crippen molar-refractivity contribution in [3.05, 3.63) is 34.9 Å². The van der Waals surface area contributed by atoms with E-state index in [1.54, 1.807) is 0 Å². The molecule has 1 aromatic carbocycles. The molecule has 1 amide bonds. The maximum absolute atomic E-state index is 12.4. The van der Waals surface area contributed by atoms with E-state index >= 15 is 0 Å². The van der Waals surface area contributed by atoms with Crippen LogP contribution in [0.4, 0.5) is 0 Å². The van der Waals surface area contributed by atoms with Crippen molar-refractivity contribution in [2.75, 3.05) is 6.54 Å². The van der Waals surface area contributed by atoms with E-state index in [2.05, 4.69) is 16.7 Å². The number of fused-ring (bicyclic) bond motifs is 3. The van der Waals surface area contributed by atoms with Gasteiger partial charge in [-0.1, -0.05) is 6.07 Å². The van der Waals surface area contributed by atoms with E-state index in [9.17, 15) is 4.79 Å². The zero-order chi connectivity index (χ0) is 13.5. The first-order valence-corrected chi connectivity index (χ1v) is 7.58. The third kappa shape index (κ3) is 2.13. The first-order chi connectivity index (χ1) is 9.79. The van der Waals surface area contributed by atoms with Gasteiger partial charge in [-0.05, 0) is 55.5 Å². The fourth-order valence-corrected chi connectivity index (χ4v) is 3.66. The molecular weight excluding hydrogens is 252 g/mol. The fraction of sp³-hybridized carbons (Fsp3) is 0.562. The number of hydrogen-bond donors (Lipinski definition) is 2. The van der Waals surface area contributed by atoms with Crippen LogP contribution in [0.3, 0.4) is 0 Å². The topological polar surface area (TPSA) is 50.4 Å². The fourth-order valence-electron chi connectivity index (χ4n) is 3.66. The van der Waals surface area contributed by atoms with E-state index in [1.807, 2.05) is 12.1 Å². The number of rotatable bonds is 2. The molecule has 0 aliphatic carbocycles. The number of hydrogen-bond acceptors (Lipinski definition) is 3. The van der Waals surface area contributed by atoms with Crippen molar-refractivity contribution in [3.8, 4) is 0 Å². The average molecular weight is 272 g/mol. The van der Waals surface area contributed by atoms with Gasteiger partial charge in [-0.25, -0.2) is 0 Å². The molecule has 2 bridgehead atoms. The summed E-state index contributed by atoms with van der Waals surface area (Å²) in [5.74, 6) is 0.0412. The summed E-state index contributed by atoms with van der Waals surface area (Å²) in [6, 6.07) is 6.29. The lowest BCUT2D eigenvalue weighted by molar-refractivity contribution is 0.0841. The zero-order valence-corrected chi connectivity index (χ0v) is 11.5. The van der Waals surface area contributed by atoms with Crippen LogP contribution in [-0.4, -0.2) is 30.7 Å². The number of carbonyl (C=O) groups excluding carboxylic acids is 1. The molecule has 0 aromatic heterocycles. The second kappa shape index (κ2) is 4.86. The number of carbonyl (C=O) groups is 1. The van der Waals surface area contributed by atoms with E-state index in [0.29, 0.717) is 6.10 Å². The van der Waals surface area contributed by atoms with Crippen molar-refractivity contribution in [3.63, 3.8) is 0 Å². The average Bonchev–Trinajstić information content (AvgIpc) is 3.09. The molecule has 0 radical (unpaired) electrons. The van der Waals surface area contributed by atoms with E-state index in [0.717, 1.165) is 44.3 Å². The molecule has 3 heterocycles. The van der Waals surface area contributed by atoms with E-state index in [4.69, 9.17) is 4.74 Å². The number of nitrogens with one attached hydrogen (secondary N) is 2. The first kappa shape index (κ1) is 12.4. The Hall–Kier alpha value is -1.39. The minimum atomic E-state index is 0.0412. The van der Waals surface area contributed by atoms with Crippen molar-refractivity contribution in [1.29, 1.82) is 0 Å². The summed E-state index contributed by atoms with van der Waals surface area (Å²) in [5, 5.41) is 6.50. The third-order valence-corrected chi connectivity index (χ3v) is 4.78. The number of amides is 1. The quantitative estimate of drug-likeness (QED) is 0.855. The van der Waals surface area contributed by atoms with Gasteiger partial charge in [0.15, 0.2) is 0 Å². The Morgan fingerprint density at radius 3 is 3.05 bits per heavy atom. The highest BCUT2D eigenvalue weighted by Crippen LogP contribution is 2.34. The van der Waals surface area contributed by atoms with E-state index in [1.165, 1.54) is 11.1 Å². The van der Waals surface area contributed by atoms with Gasteiger partial charge in [-0.2, -0.15) is 0 Å². The minimum Gasteiger partial charge on any atom is -0.373 e. The lowest BCUT2D eigenvalue weighted by atomic mass is 9.94. The van der Waals surface area contributed by atoms with Crippen molar-refractivity contribution in [2.24, 2.45) is 0 Å². The largest absolute Gasteiger partial charge is 0.373 e. The summed E-state index contributed by atoms with van der Waals surface area (Å²) >= 11 is 0. The lowest BCUT2D eigenvalue weighted by Crippen LogP contribution is -2.41. The molecule has 1 aromatic rings. The van der Waals surface area contributed by atoms with Gasteiger partial charge in [0, 0.05) is 12.1 Å². The van der Waals surface area contributed by atoms with Crippen molar-refractivity contribution < 1.29 is 9.53 Å². The Morgan fingerprint density at radius 2 is 2.25 bits per heavy atom. The number of benzene rings is 1. The third-order valence-electron chi connectivity index (χ3n) is 4.78. The van der Waals surface area contributed by atoms with E-state index in [-0.39, 0.29) is 18.1 Å². The monoisotopic (exact) mass is 272 g/mol. The van der Waals surface area contributed by atoms with Gasteiger partial charge in [0.2, 0.25) is 0 Å². The molecule has 4 rings (SSSR count). The zero-order valence-electron chi connectivity index (χ0n) is 11.5. The van der Waals surface area contributed by atoms with Gasteiger partial charge in [0.1, 0.15) is 0 Å². The van der Waals surface area contributed by atoms with Crippen LogP contribution in [0.15, 0.2) is 18.2 Å². The van der Waals surface area contributed by atoms with Crippen molar-refractivity contribution in [2.45, 2.75) is 50.5 Å². The maximum Gasteiger partial charge on any atom is 0.251 e. The van der Waals surface area contributed by atoms with Gasteiger partial charge in [-0.15, -0.1) is 0 Å². The van der Waals surface area contributed by atoms with Gasteiger partial charge in [0.25, 0.3) is 5.91 Å². The summed E-state index contributed by atoms with van der Waals surface area (Å²) in [5.41, 5.74) is 3.40. The molecule has 20 heavy (non-hydrogen) atoms. The highest BCUT2D eigenvalue weighted by atomic mass is 16.5. The smallest absolute Gasteiger partial charge is 0.251 e. The summed E-state index contributed by atoms with van der Waals surface area (Å²) in [6.45, 7) is 1.90. The molecule has 4 nitrogen and oxygen atoms in total. The molecule has 4 heteroatoms. The normalized spacial score (nSPS) is 31.1. The van der Waals surface area contributed by atoms with Crippen LogP contribution in [0.1, 0.15) is 40.7 Å². The van der Waals surface area contributed by atoms with Crippen LogP contribution in [0.25, 0.3) is 0 Å². The molecule has 0 spiro atoms. The Bertz CT molecular complexity index is 543. The van der Waals surface area contributed by atoms with E-state index < -0.39 is 0 Å². The van der Waals surface area contributed by atoms with Crippen molar-refractivity contribution in [1.82, 2.24) is 10.6 Å². The van der Waals surface area contributed by atoms with Gasteiger partial charge in [-0.3, -0.25) is 4.79 Å². The van der Waals surface area contributed by atoms with Crippen LogP contribution < -0.4 is 10.6 Å². The maximum atomic E-state index is 12.4. The summed E-state index contributed by atoms with van der Waals surface area (Å²) < 4.78 is 5.79. The Labute approximate surface area is 118 Å². The molecule has 0 saturated carbocycles. The molecule has 106 valence electrons. The van der Waals surface area contributed by atoms with Gasteiger partial charge in [0.05, 0.1) is 18.2 Å². The van der Waals surface area contributed by atoms with Crippen molar-refractivity contribution >= 4 is 5.91 Å². The summed E-state index contributed by atoms with van der Waals surface area (Å²) in [7, 11) is 0. The Morgan fingerprint density at radius 1 is 1.30 bits per heavy atom. The highest BCUT2D eigenvalue weighted by Gasteiger charge is 2.41. The second-order valence-corrected chi connectivity index (χ2v) is 6.10. The van der Waals surface area contributed by atoms with Crippen LogP contribution in [0, 0.1) is 0 Å². The minimum absolute atomic E-state index is 0.0412. The number of ether oxygens (including phenoxy) is 1. The Balaban J connectivity index is 1.48. The molecule has 3 aliphatic heterocycles. The molecule has 2 saturated heterocycles. The molecule has 3 aliphatic rings. The molecule has 3 atom stereocenters. The summed E-state index contributed by atoms with van der Waals surface area (Å²) in [6.07, 6.45) is 4.88. The predicted octanol–water partition coefficient (Wildman–Crippen LogP) is 1.38. The highest BCUT2D eigenvalue weighted by molar-refractivity contribution is 5.94. The predicted molar refractivity (Wildman–Crippen MR) is 75.6 cm³/mol. The first-order valence-electron chi connectivity index (χ1n) is 7.58. The Kier molecular flexibility index (Phi) is 3.00. The standard InChI is InChI=1S/C16H20N2O2/c19-16(18-14-8-13-3-4-15(14)20-13)11-2-1-10-5-6-17-9-12(10)7-11/h1-2,7,13-15,17H,3-6,8-9H2,(H,18,19). The van der Waals surface area contributed by atoms with Gasteiger partial charge >= 0.3 is 0 Å².